The van der Waals surface area contributed by atoms with Gasteiger partial charge in [-0.15, -0.1) is 0 Å². The Kier molecular flexibility index (Phi) is 7.30. The fraction of sp³-hybridized carbons (Fsp3) is 0.818. The number of nitrogens with two attached hydrogens (primary N) is 1. The van der Waals surface area contributed by atoms with Gasteiger partial charge in [-0.05, 0) is 19.8 Å². The van der Waals surface area contributed by atoms with E-state index in [4.69, 9.17) is 18.0 Å². The third-order valence-electron chi connectivity index (χ3n) is 2.35. The molecule has 0 spiro atoms. The van der Waals surface area contributed by atoms with E-state index in [0.29, 0.717) is 4.99 Å². The summed E-state index contributed by atoms with van der Waals surface area (Å²) in [6.45, 7) is 6.12. The second-order valence-electron chi connectivity index (χ2n) is 3.94. The van der Waals surface area contributed by atoms with Crippen molar-refractivity contribution >= 4 is 23.1 Å². The van der Waals surface area contributed by atoms with Gasteiger partial charge < -0.3 is 11.1 Å². The van der Waals surface area contributed by atoms with Gasteiger partial charge >= 0.3 is 0 Å². The molecular formula is C11H22N2OS. The molecular weight excluding hydrogens is 208 g/mol. The van der Waals surface area contributed by atoms with E-state index in [1.165, 1.54) is 0 Å². The first-order valence-electron chi connectivity index (χ1n) is 5.62. The highest BCUT2D eigenvalue weighted by atomic mass is 32.1. The van der Waals surface area contributed by atoms with Gasteiger partial charge in [0.05, 0.1) is 10.9 Å². The first kappa shape index (κ1) is 14.4. The Morgan fingerprint density at radius 2 is 1.87 bits per heavy atom. The van der Waals surface area contributed by atoms with Crippen LogP contribution < -0.4 is 11.1 Å². The van der Waals surface area contributed by atoms with Crippen molar-refractivity contribution in [3.05, 3.63) is 0 Å². The van der Waals surface area contributed by atoms with Gasteiger partial charge in [-0.2, -0.15) is 0 Å². The van der Waals surface area contributed by atoms with E-state index in [-0.39, 0.29) is 17.9 Å². The van der Waals surface area contributed by atoms with Crippen LogP contribution in [0.25, 0.3) is 0 Å². The molecule has 0 heterocycles. The van der Waals surface area contributed by atoms with Crippen molar-refractivity contribution < 1.29 is 4.79 Å². The number of hydrogen-bond acceptors (Lipinski definition) is 2. The molecule has 2 unspecified atom stereocenters. The Morgan fingerprint density at radius 3 is 2.27 bits per heavy atom. The molecule has 15 heavy (non-hydrogen) atoms. The summed E-state index contributed by atoms with van der Waals surface area (Å²) in [6, 6.07) is 0.205. The zero-order valence-electron chi connectivity index (χ0n) is 9.88. The molecule has 88 valence electrons. The summed E-state index contributed by atoms with van der Waals surface area (Å²) in [5.41, 5.74) is 5.54. The van der Waals surface area contributed by atoms with E-state index < -0.39 is 0 Å². The normalized spacial score (nSPS) is 14.3. The number of carbonyl (C=O) groups is 1. The molecule has 0 radical (unpaired) electrons. The Hall–Kier alpha value is -0.640. The van der Waals surface area contributed by atoms with Crippen LogP contribution in [0.1, 0.15) is 46.5 Å². The number of carbonyl (C=O) groups excluding carboxylic acids is 1. The van der Waals surface area contributed by atoms with Crippen molar-refractivity contribution in [1.82, 2.24) is 5.32 Å². The maximum absolute atomic E-state index is 11.8. The van der Waals surface area contributed by atoms with Crippen LogP contribution >= 0.6 is 12.2 Å². The number of amides is 1. The maximum atomic E-state index is 11.8. The summed E-state index contributed by atoms with van der Waals surface area (Å²) in [5.74, 6) is -0.324. The molecule has 2 atom stereocenters. The van der Waals surface area contributed by atoms with Gasteiger partial charge in [0.15, 0.2) is 0 Å². The van der Waals surface area contributed by atoms with Crippen molar-refractivity contribution in [3.8, 4) is 0 Å². The minimum Gasteiger partial charge on any atom is -0.393 e. The fourth-order valence-corrected chi connectivity index (χ4v) is 1.76. The Morgan fingerprint density at radius 1 is 1.33 bits per heavy atom. The van der Waals surface area contributed by atoms with Crippen molar-refractivity contribution in [3.63, 3.8) is 0 Å². The lowest BCUT2D eigenvalue weighted by Crippen LogP contribution is -2.41. The molecule has 1 amide bonds. The Bertz CT molecular complexity index is 219. The molecule has 3 N–H and O–H groups in total. The van der Waals surface area contributed by atoms with Gasteiger partial charge in [-0.3, -0.25) is 4.79 Å². The van der Waals surface area contributed by atoms with E-state index in [1.807, 2.05) is 13.8 Å². The van der Waals surface area contributed by atoms with Crippen LogP contribution in [0.3, 0.4) is 0 Å². The van der Waals surface area contributed by atoms with Crippen LogP contribution in [0.15, 0.2) is 0 Å². The van der Waals surface area contributed by atoms with Crippen LogP contribution in [0, 0.1) is 5.92 Å². The predicted octanol–water partition coefficient (Wildman–Crippen LogP) is 1.99. The molecule has 0 aromatic rings. The molecule has 0 aliphatic heterocycles. The minimum atomic E-state index is -0.302. The Labute approximate surface area is 97.8 Å². The molecule has 0 aromatic carbocycles. The van der Waals surface area contributed by atoms with Gasteiger partial charge in [0.25, 0.3) is 0 Å². The van der Waals surface area contributed by atoms with E-state index >= 15 is 0 Å². The topological polar surface area (TPSA) is 55.1 Å². The molecule has 4 heteroatoms. The first-order chi connectivity index (χ1) is 7.02. The van der Waals surface area contributed by atoms with Gasteiger partial charge in [0, 0.05) is 6.04 Å². The standard InChI is InChI=1S/C11H22N2OS/c1-4-6-8(3)13-11(14)9(7-5-2)10(12)15/h8-9H,4-7H2,1-3H3,(H2,12,15)(H,13,14). The van der Waals surface area contributed by atoms with Crippen molar-refractivity contribution in [2.45, 2.75) is 52.5 Å². The van der Waals surface area contributed by atoms with E-state index in [1.54, 1.807) is 0 Å². The number of thiocarbonyl (C=S) groups is 1. The average molecular weight is 230 g/mol. The molecule has 0 saturated carbocycles. The number of hydrogen-bond donors (Lipinski definition) is 2. The van der Waals surface area contributed by atoms with Crippen molar-refractivity contribution in [1.29, 1.82) is 0 Å². The number of nitrogens with one attached hydrogen (secondary N) is 1. The van der Waals surface area contributed by atoms with Crippen LogP contribution in [0.5, 0.6) is 0 Å². The zero-order chi connectivity index (χ0) is 11.8. The second kappa shape index (κ2) is 7.63. The van der Waals surface area contributed by atoms with E-state index in [0.717, 1.165) is 25.7 Å². The lowest BCUT2D eigenvalue weighted by atomic mass is 10.0. The Balaban J connectivity index is 4.19. The minimum absolute atomic E-state index is 0.0229. The van der Waals surface area contributed by atoms with Crippen LogP contribution in [-0.2, 0) is 4.79 Å². The lowest BCUT2D eigenvalue weighted by Gasteiger charge is -2.18. The summed E-state index contributed by atoms with van der Waals surface area (Å²) in [5, 5.41) is 2.94. The summed E-state index contributed by atoms with van der Waals surface area (Å²) in [7, 11) is 0. The van der Waals surface area contributed by atoms with E-state index in [2.05, 4.69) is 12.2 Å². The highest BCUT2D eigenvalue weighted by Gasteiger charge is 2.21. The monoisotopic (exact) mass is 230 g/mol. The van der Waals surface area contributed by atoms with Crippen molar-refractivity contribution in [2.24, 2.45) is 11.7 Å². The summed E-state index contributed by atoms with van der Waals surface area (Å²) < 4.78 is 0. The second-order valence-corrected chi connectivity index (χ2v) is 4.41. The maximum Gasteiger partial charge on any atom is 0.230 e. The van der Waals surface area contributed by atoms with Gasteiger partial charge in [0.2, 0.25) is 5.91 Å². The third-order valence-corrected chi connectivity index (χ3v) is 2.63. The highest BCUT2D eigenvalue weighted by Crippen LogP contribution is 2.08. The molecule has 0 bridgehead atoms. The lowest BCUT2D eigenvalue weighted by molar-refractivity contribution is -0.123. The molecule has 0 saturated heterocycles. The SMILES string of the molecule is CCCC(C)NC(=O)C(CCC)C(N)=S. The predicted molar refractivity (Wildman–Crippen MR) is 67.7 cm³/mol. The largest absolute Gasteiger partial charge is 0.393 e. The first-order valence-corrected chi connectivity index (χ1v) is 6.03. The molecule has 0 aromatic heterocycles. The summed E-state index contributed by atoms with van der Waals surface area (Å²) >= 11 is 4.89. The van der Waals surface area contributed by atoms with Crippen LogP contribution in [0.2, 0.25) is 0 Å². The molecule has 3 nitrogen and oxygen atoms in total. The zero-order valence-corrected chi connectivity index (χ0v) is 10.7. The molecule has 0 aliphatic rings. The molecule has 0 fully saturated rings. The van der Waals surface area contributed by atoms with E-state index in [9.17, 15) is 4.79 Å². The fourth-order valence-electron chi connectivity index (χ4n) is 1.54. The summed E-state index contributed by atoms with van der Waals surface area (Å²) in [4.78, 5) is 12.1. The van der Waals surface area contributed by atoms with Crippen molar-refractivity contribution in [2.75, 3.05) is 0 Å². The van der Waals surface area contributed by atoms with Gasteiger partial charge in [0.1, 0.15) is 0 Å². The highest BCUT2D eigenvalue weighted by molar-refractivity contribution is 7.80. The molecule has 0 rings (SSSR count). The average Bonchev–Trinajstić information content (AvgIpc) is 2.13. The van der Waals surface area contributed by atoms with Gasteiger partial charge in [-0.25, -0.2) is 0 Å². The smallest absolute Gasteiger partial charge is 0.230 e. The quantitative estimate of drug-likeness (QED) is 0.658. The summed E-state index contributed by atoms with van der Waals surface area (Å²) in [6.07, 6.45) is 3.70. The van der Waals surface area contributed by atoms with Crippen LogP contribution in [-0.4, -0.2) is 16.9 Å². The molecule has 0 aliphatic carbocycles. The number of rotatable bonds is 7. The van der Waals surface area contributed by atoms with Crippen LogP contribution in [0.4, 0.5) is 0 Å². The third kappa shape index (κ3) is 5.72. The van der Waals surface area contributed by atoms with Gasteiger partial charge in [-0.1, -0.05) is 38.9 Å².